The van der Waals surface area contributed by atoms with Gasteiger partial charge in [0.05, 0.1) is 12.8 Å². The van der Waals surface area contributed by atoms with E-state index >= 15 is 0 Å². The van der Waals surface area contributed by atoms with Crippen molar-refractivity contribution < 1.29 is 19.0 Å². The number of methoxy groups -OCH3 is 1. The zero-order chi connectivity index (χ0) is 20.6. The van der Waals surface area contributed by atoms with Crippen molar-refractivity contribution in [3.8, 4) is 17.2 Å². The van der Waals surface area contributed by atoms with E-state index in [2.05, 4.69) is 0 Å². The molecule has 0 aliphatic carbocycles. The molecule has 1 amide bonds. The second kappa shape index (κ2) is 9.64. The Bertz CT molecular complexity index is 940. The molecule has 3 aromatic rings. The topological polar surface area (TPSA) is 48.0 Å². The van der Waals surface area contributed by atoms with Crippen molar-refractivity contribution in [3.63, 3.8) is 0 Å². The number of nitrogens with zero attached hydrogens (tertiary/aromatic N) is 1. The predicted molar refractivity (Wildman–Crippen MR) is 114 cm³/mol. The maximum Gasteiger partial charge on any atom is 0.414 e. The average Bonchev–Trinajstić information content (AvgIpc) is 2.73. The lowest BCUT2D eigenvalue weighted by Gasteiger charge is -2.26. The number of benzene rings is 3. The molecular weight excluding hydrogens is 366 g/mol. The summed E-state index contributed by atoms with van der Waals surface area (Å²) >= 11 is 0. The zero-order valence-corrected chi connectivity index (χ0v) is 16.9. The number of hydrogen-bond acceptors (Lipinski definition) is 4. The molecule has 3 aromatic carbocycles. The first-order valence-electron chi connectivity index (χ1n) is 9.48. The molecule has 5 heteroatoms. The minimum atomic E-state index is -0.414. The molecule has 5 nitrogen and oxygen atoms in total. The van der Waals surface area contributed by atoms with E-state index < -0.39 is 6.09 Å². The Kier molecular flexibility index (Phi) is 6.74. The van der Waals surface area contributed by atoms with Crippen molar-refractivity contribution in [2.45, 2.75) is 26.5 Å². The Hall–Kier alpha value is -3.47. The van der Waals surface area contributed by atoms with Gasteiger partial charge >= 0.3 is 6.09 Å². The summed E-state index contributed by atoms with van der Waals surface area (Å²) in [6.45, 7) is 4.03. The first-order valence-corrected chi connectivity index (χ1v) is 9.48. The molecule has 0 saturated heterocycles. The first-order chi connectivity index (χ1) is 14.1. The van der Waals surface area contributed by atoms with Crippen LogP contribution in [0.5, 0.6) is 17.2 Å². The van der Waals surface area contributed by atoms with Gasteiger partial charge < -0.3 is 14.2 Å². The third-order valence-electron chi connectivity index (χ3n) is 4.28. The van der Waals surface area contributed by atoms with Crippen LogP contribution in [-0.2, 0) is 11.3 Å². The summed E-state index contributed by atoms with van der Waals surface area (Å²) in [6.07, 6.45) is -0.414. The maximum absolute atomic E-state index is 12.8. The molecule has 29 heavy (non-hydrogen) atoms. The second-order valence-electron chi connectivity index (χ2n) is 6.78. The standard InChI is InChI=1S/C24H25NO4/c1-18(2)25(20-10-8-13-22(16-20)27-3)24(26)28-17-19-9-7-14-23(15-19)29-21-11-5-4-6-12-21/h4-16,18H,17H2,1-3H3. The van der Waals surface area contributed by atoms with Gasteiger partial charge in [0, 0.05) is 12.1 Å². The summed E-state index contributed by atoms with van der Waals surface area (Å²) in [5.74, 6) is 2.13. The van der Waals surface area contributed by atoms with Gasteiger partial charge in [-0.25, -0.2) is 4.79 Å². The fraction of sp³-hybridized carbons (Fsp3) is 0.208. The Morgan fingerprint density at radius 1 is 0.862 bits per heavy atom. The summed E-state index contributed by atoms with van der Waals surface area (Å²) in [5.41, 5.74) is 1.58. The highest BCUT2D eigenvalue weighted by molar-refractivity contribution is 5.88. The van der Waals surface area contributed by atoms with Crippen LogP contribution >= 0.6 is 0 Å². The molecule has 0 unspecified atom stereocenters. The smallest absolute Gasteiger partial charge is 0.414 e. The van der Waals surface area contributed by atoms with Crippen LogP contribution < -0.4 is 14.4 Å². The summed E-state index contributed by atoms with van der Waals surface area (Å²) in [6, 6.07) is 24.4. The van der Waals surface area contributed by atoms with Gasteiger partial charge in [0.2, 0.25) is 0 Å². The molecule has 0 heterocycles. The van der Waals surface area contributed by atoms with Gasteiger partial charge in [-0.2, -0.15) is 0 Å². The monoisotopic (exact) mass is 391 g/mol. The SMILES string of the molecule is COc1cccc(N(C(=O)OCc2cccc(Oc3ccccc3)c2)C(C)C)c1. The van der Waals surface area contributed by atoms with E-state index in [1.54, 1.807) is 12.0 Å². The van der Waals surface area contributed by atoms with Crippen molar-refractivity contribution in [2.75, 3.05) is 12.0 Å². The first kappa shape index (κ1) is 20.3. The minimum Gasteiger partial charge on any atom is -0.497 e. The van der Waals surface area contributed by atoms with E-state index in [1.165, 1.54) is 0 Å². The number of para-hydroxylation sites is 1. The van der Waals surface area contributed by atoms with Crippen molar-refractivity contribution in [1.29, 1.82) is 0 Å². The summed E-state index contributed by atoms with van der Waals surface area (Å²) in [5, 5.41) is 0. The molecule has 3 rings (SSSR count). The van der Waals surface area contributed by atoms with Crippen molar-refractivity contribution in [1.82, 2.24) is 0 Å². The van der Waals surface area contributed by atoms with Crippen molar-refractivity contribution in [3.05, 3.63) is 84.4 Å². The van der Waals surface area contributed by atoms with Gasteiger partial charge in [0.15, 0.2) is 0 Å². The Balaban J connectivity index is 1.67. The van der Waals surface area contributed by atoms with E-state index in [4.69, 9.17) is 14.2 Å². The van der Waals surface area contributed by atoms with Gasteiger partial charge in [0.1, 0.15) is 23.9 Å². The Morgan fingerprint density at radius 2 is 1.55 bits per heavy atom. The highest BCUT2D eigenvalue weighted by Crippen LogP contribution is 2.25. The minimum absolute atomic E-state index is 0.0673. The fourth-order valence-corrected chi connectivity index (χ4v) is 2.91. The van der Waals surface area contributed by atoms with Crippen LogP contribution in [0, 0.1) is 0 Å². The number of carbonyl (C=O) groups excluding carboxylic acids is 1. The molecule has 0 spiro atoms. The van der Waals surface area contributed by atoms with Gasteiger partial charge in [-0.1, -0.05) is 36.4 Å². The maximum atomic E-state index is 12.8. The highest BCUT2D eigenvalue weighted by atomic mass is 16.6. The molecule has 150 valence electrons. The quantitative estimate of drug-likeness (QED) is 0.493. The largest absolute Gasteiger partial charge is 0.497 e. The van der Waals surface area contributed by atoms with Crippen LogP contribution in [0.1, 0.15) is 19.4 Å². The lowest BCUT2D eigenvalue weighted by Crippen LogP contribution is -2.37. The fourth-order valence-electron chi connectivity index (χ4n) is 2.91. The number of anilines is 1. The van der Waals surface area contributed by atoms with Gasteiger partial charge in [0.25, 0.3) is 0 Å². The van der Waals surface area contributed by atoms with E-state index in [9.17, 15) is 4.79 Å². The molecule has 0 fully saturated rings. The van der Waals surface area contributed by atoms with E-state index in [1.807, 2.05) is 92.7 Å². The molecule has 0 aliphatic heterocycles. The van der Waals surface area contributed by atoms with Crippen LogP contribution in [0.2, 0.25) is 0 Å². The van der Waals surface area contributed by atoms with Crippen LogP contribution in [0.25, 0.3) is 0 Å². The van der Waals surface area contributed by atoms with Crippen molar-refractivity contribution >= 4 is 11.8 Å². The molecule has 0 bridgehead atoms. The lowest BCUT2D eigenvalue weighted by molar-refractivity contribution is 0.145. The second-order valence-corrected chi connectivity index (χ2v) is 6.78. The summed E-state index contributed by atoms with van der Waals surface area (Å²) < 4.78 is 16.7. The average molecular weight is 391 g/mol. The van der Waals surface area contributed by atoms with Crippen LogP contribution in [0.4, 0.5) is 10.5 Å². The number of hydrogen-bond donors (Lipinski definition) is 0. The Labute approximate surface area is 171 Å². The number of amides is 1. The van der Waals surface area contributed by atoms with Gasteiger partial charge in [-0.05, 0) is 55.8 Å². The summed E-state index contributed by atoms with van der Waals surface area (Å²) in [4.78, 5) is 14.4. The summed E-state index contributed by atoms with van der Waals surface area (Å²) in [7, 11) is 1.60. The van der Waals surface area contributed by atoms with Gasteiger partial charge in [-0.15, -0.1) is 0 Å². The lowest BCUT2D eigenvalue weighted by atomic mass is 10.2. The normalized spacial score (nSPS) is 10.5. The van der Waals surface area contributed by atoms with Crippen LogP contribution in [-0.4, -0.2) is 19.2 Å². The van der Waals surface area contributed by atoms with Crippen LogP contribution in [0.15, 0.2) is 78.9 Å². The molecule has 0 atom stereocenters. The third-order valence-corrected chi connectivity index (χ3v) is 4.28. The molecule has 0 aliphatic rings. The van der Waals surface area contributed by atoms with E-state index in [-0.39, 0.29) is 12.6 Å². The predicted octanol–water partition coefficient (Wildman–Crippen LogP) is 6.04. The van der Waals surface area contributed by atoms with E-state index in [0.29, 0.717) is 11.5 Å². The van der Waals surface area contributed by atoms with Gasteiger partial charge in [-0.3, -0.25) is 4.90 Å². The number of carbonyl (C=O) groups is 1. The third kappa shape index (κ3) is 5.51. The molecule has 0 saturated carbocycles. The number of rotatable bonds is 7. The van der Waals surface area contributed by atoms with Crippen LogP contribution in [0.3, 0.4) is 0 Å². The van der Waals surface area contributed by atoms with E-state index in [0.717, 1.165) is 17.0 Å². The zero-order valence-electron chi connectivity index (χ0n) is 16.9. The molecule has 0 N–H and O–H groups in total. The highest BCUT2D eigenvalue weighted by Gasteiger charge is 2.21. The molecular formula is C24H25NO4. The Morgan fingerprint density at radius 3 is 2.28 bits per heavy atom. The molecule has 0 radical (unpaired) electrons. The molecule has 0 aromatic heterocycles. The van der Waals surface area contributed by atoms with Crippen molar-refractivity contribution in [2.24, 2.45) is 0 Å². The number of ether oxygens (including phenoxy) is 3.